The van der Waals surface area contributed by atoms with E-state index in [0.717, 1.165) is 0 Å². The summed E-state index contributed by atoms with van der Waals surface area (Å²) in [6.45, 7) is 3.59. The Morgan fingerprint density at radius 3 is 2.62 bits per heavy atom. The third-order valence-corrected chi connectivity index (χ3v) is 2.97. The van der Waals surface area contributed by atoms with E-state index in [1.165, 1.54) is 18.2 Å². The molecule has 0 aliphatic rings. The SMILES string of the molecule is CC(C)OC(=O)c1ccc(B(O)O)c(NCC(O)CCl)c1. The topological polar surface area (TPSA) is 99.0 Å². The van der Waals surface area contributed by atoms with E-state index in [2.05, 4.69) is 5.32 Å². The zero-order chi connectivity index (χ0) is 16.0. The number of hydrogen-bond acceptors (Lipinski definition) is 6. The molecule has 1 unspecified atom stereocenters. The molecule has 21 heavy (non-hydrogen) atoms. The van der Waals surface area contributed by atoms with Crippen LogP contribution in [0.5, 0.6) is 0 Å². The molecule has 6 nitrogen and oxygen atoms in total. The molecule has 116 valence electrons. The zero-order valence-electron chi connectivity index (χ0n) is 11.9. The monoisotopic (exact) mass is 315 g/mol. The highest BCUT2D eigenvalue weighted by molar-refractivity contribution is 6.60. The third-order valence-electron chi connectivity index (χ3n) is 2.62. The van der Waals surface area contributed by atoms with Gasteiger partial charge >= 0.3 is 13.1 Å². The number of nitrogens with one attached hydrogen (secondary N) is 1. The van der Waals surface area contributed by atoms with Gasteiger partial charge in [0.25, 0.3) is 0 Å². The van der Waals surface area contributed by atoms with Crippen LogP contribution in [0.3, 0.4) is 0 Å². The zero-order valence-corrected chi connectivity index (χ0v) is 12.7. The predicted molar refractivity (Wildman–Crippen MR) is 82.0 cm³/mol. The summed E-state index contributed by atoms with van der Waals surface area (Å²) in [5.41, 5.74) is 0.793. The summed E-state index contributed by atoms with van der Waals surface area (Å²) < 4.78 is 5.08. The minimum atomic E-state index is -1.70. The molecule has 0 spiro atoms. The van der Waals surface area contributed by atoms with Crippen LogP contribution in [0.1, 0.15) is 24.2 Å². The van der Waals surface area contributed by atoms with Crippen LogP contribution in [-0.2, 0) is 4.74 Å². The van der Waals surface area contributed by atoms with E-state index in [0.29, 0.717) is 5.69 Å². The number of hydrogen-bond donors (Lipinski definition) is 4. The molecule has 0 aromatic heterocycles. The molecule has 0 saturated heterocycles. The molecule has 0 saturated carbocycles. The molecular formula is C13H19BClNO5. The van der Waals surface area contributed by atoms with Crippen LogP contribution in [0.25, 0.3) is 0 Å². The number of benzene rings is 1. The van der Waals surface area contributed by atoms with Gasteiger partial charge in [-0.3, -0.25) is 0 Å². The Bertz CT molecular complexity index is 484. The second-order valence-electron chi connectivity index (χ2n) is 4.82. The Morgan fingerprint density at radius 1 is 1.43 bits per heavy atom. The molecule has 0 amide bonds. The first-order chi connectivity index (χ1) is 9.85. The van der Waals surface area contributed by atoms with E-state index >= 15 is 0 Å². The highest BCUT2D eigenvalue weighted by Crippen LogP contribution is 2.12. The van der Waals surface area contributed by atoms with Crippen molar-refractivity contribution in [1.29, 1.82) is 0 Å². The van der Waals surface area contributed by atoms with Gasteiger partial charge in [0.05, 0.1) is 23.7 Å². The van der Waals surface area contributed by atoms with Crippen molar-refractivity contribution < 1.29 is 24.7 Å². The fraction of sp³-hybridized carbons (Fsp3) is 0.462. The number of aliphatic hydroxyl groups is 1. The predicted octanol–water partition coefficient (Wildman–Crippen LogP) is -0.0568. The van der Waals surface area contributed by atoms with E-state index in [1.807, 2.05) is 0 Å². The Morgan fingerprint density at radius 2 is 2.10 bits per heavy atom. The number of ether oxygens (including phenoxy) is 1. The van der Waals surface area contributed by atoms with Gasteiger partial charge in [0, 0.05) is 17.7 Å². The number of carbonyl (C=O) groups excluding carboxylic acids is 1. The van der Waals surface area contributed by atoms with E-state index in [9.17, 15) is 19.9 Å². The van der Waals surface area contributed by atoms with Crippen molar-refractivity contribution in [3.8, 4) is 0 Å². The fourth-order valence-electron chi connectivity index (χ4n) is 1.63. The summed E-state index contributed by atoms with van der Waals surface area (Å²) in [7, 11) is -1.70. The number of aliphatic hydroxyl groups excluding tert-OH is 1. The average Bonchev–Trinajstić information content (AvgIpc) is 2.43. The Kier molecular flexibility index (Phi) is 6.97. The highest BCUT2D eigenvalue weighted by Gasteiger charge is 2.19. The van der Waals surface area contributed by atoms with Gasteiger partial charge < -0.3 is 25.2 Å². The minimum Gasteiger partial charge on any atom is -0.459 e. The number of rotatable bonds is 7. The molecule has 1 aromatic carbocycles. The molecule has 8 heteroatoms. The first-order valence-electron chi connectivity index (χ1n) is 6.54. The first kappa shape index (κ1) is 17.8. The second-order valence-corrected chi connectivity index (χ2v) is 5.13. The van der Waals surface area contributed by atoms with Crippen molar-refractivity contribution >= 4 is 35.8 Å². The van der Waals surface area contributed by atoms with Crippen molar-refractivity contribution in [1.82, 2.24) is 0 Å². The van der Waals surface area contributed by atoms with Crippen LogP contribution in [-0.4, -0.2) is 52.9 Å². The molecule has 1 aromatic rings. The maximum atomic E-state index is 11.8. The van der Waals surface area contributed by atoms with Crippen LogP contribution in [0.2, 0.25) is 0 Å². The number of esters is 1. The average molecular weight is 316 g/mol. The van der Waals surface area contributed by atoms with Gasteiger partial charge in [0.1, 0.15) is 0 Å². The summed E-state index contributed by atoms with van der Waals surface area (Å²) in [6, 6.07) is 4.31. The molecule has 0 radical (unpaired) electrons. The number of anilines is 1. The van der Waals surface area contributed by atoms with Crippen molar-refractivity contribution in [2.75, 3.05) is 17.7 Å². The van der Waals surface area contributed by atoms with Crippen LogP contribution in [0, 0.1) is 0 Å². The standard InChI is InChI=1S/C13H19BClNO5/c1-8(2)21-13(18)9-3-4-11(14(19)20)12(5-9)16-7-10(17)6-15/h3-5,8,10,16-17,19-20H,6-7H2,1-2H3. The Labute approximate surface area is 128 Å². The van der Waals surface area contributed by atoms with Gasteiger partial charge in [0.15, 0.2) is 0 Å². The third kappa shape index (κ3) is 5.55. The van der Waals surface area contributed by atoms with E-state index < -0.39 is 19.2 Å². The molecule has 0 bridgehead atoms. The van der Waals surface area contributed by atoms with Gasteiger partial charge in [-0.1, -0.05) is 6.07 Å². The quantitative estimate of drug-likeness (QED) is 0.320. The van der Waals surface area contributed by atoms with Gasteiger partial charge in [-0.05, 0) is 26.0 Å². The summed E-state index contributed by atoms with van der Waals surface area (Å²) in [5, 5.41) is 30.9. The lowest BCUT2D eigenvalue weighted by molar-refractivity contribution is 0.0378. The van der Waals surface area contributed by atoms with Gasteiger partial charge in [-0.25, -0.2) is 4.79 Å². The molecule has 0 heterocycles. The van der Waals surface area contributed by atoms with E-state index in [4.69, 9.17) is 16.3 Å². The lowest BCUT2D eigenvalue weighted by Crippen LogP contribution is -2.34. The second kappa shape index (κ2) is 8.24. The summed E-state index contributed by atoms with van der Waals surface area (Å²) in [5.74, 6) is -0.469. The molecular weight excluding hydrogens is 296 g/mol. The van der Waals surface area contributed by atoms with Crippen LogP contribution >= 0.6 is 11.6 Å². The molecule has 1 atom stereocenters. The van der Waals surface area contributed by atoms with Crippen molar-refractivity contribution in [3.05, 3.63) is 23.8 Å². The van der Waals surface area contributed by atoms with Crippen molar-refractivity contribution in [2.45, 2.75) is 26.1 Å². The number of halogens is 1. The van der Waals surface area contributed by atoms with E-state index in [1.54, 1.807) is 13.8 Å². The van der Waals surface area contributed by atoms with Crippen molar-refractivity contribution in [2.24, 2.45) is 0 Å². The summed E-state index contributed by atoms with van der Waals surface area (Å²) >= 11 is 5.50. The number of carbonyl (C=O) groups is 1. The Hall–Kier alpha value is -1.28. The van der Waals surface area contributed by atoms with Crippen molar-refractivity contribution in [3.63, 3.8) is 0 Å². The van der Waals surface area contributed by atoms with Crippen LogP contribution < -0.4 is 10.8 Å². The lowest BCUT2D eigenvalue weighted by atomic mass is 9.78. The van der Waals surface area contributed by atoms with Gasteiger partial charge in [0.2, 0.25) is 0 Å². The van der Waals surface area contributed by atoms with Gasteiger partial charge in [-0.2, -0.15) is 0 Å². The smallest absolute Gasteiger partial charge is 0.459 e. The van der Waals surface area contributed by atoms with Crippen LogP contribution in [0.4, 0.5) is 5.69 Å². The lowest BCUT2D eigenvalue weighted by Gasteiger charge is -2.15. The number of alkyl halides is 1. The summed E-state index contributed by atoms with van der Waals surface area (Å²) in [6.07, 6.45) is -1.04. The molecule has 0 fully saturated rings. The maximum Gasteiger partial charge on any atom is 0.490 e. The molecule has 0 aliphatic carbocycles. The highest BCUT2D eigenvalue weighted by atomic mass is 35.5. The normalized spacial score (nSPS) is 12.1. The van der Waals surface area contributed by atoms with Gasteiger partial charge in [-0.15, -0.1) is 11.6 Å². The molecule has 4 N–H and O–H groups in total. The van der Waals surface area contributed by atoms with Crippen LogP contribution in [0.15, 0.2) is 18.2 Å². The fourth-order valence-corrected chi connectivity index (χ4v) is 1.74. The first-order valence-corrected chi connectivity index (χ1v) is 7.07. The maximum absolute atomic E-state index is 11.8. The minimum absolute atomic E-state index is 0.0408. The van der Waals surface area contributed by atoms with E-state index in [-0.39, 0.29) is 29.6 Å². The summed E-state index contributed by atoms with van der Waals surface area (Å²) in [4.78, 5) is 11.8. The largest absolute Gasteiger partial charge is 0.490 e. The molecule has 0 aliphatic heterocycles. The molecule has 1 rings (SSSR count). The Balaban J connectivity index is 2.97.